The van der Waals surface area contributed by atoms with Gasteiger partial charge in [0.1, 0.15) is 17.6 Å². The Balaban J connectivity index is 2.46. The zero-order chi connectivity index (χ0) is 7.52. The summed E-state index contributed by atoms with van der Waals surface area (Å²) in [6.07, 6.45) is 4.09. The molecule has 1 N–H and O–H groups in total. The van der Waals surface area contributed by atoms with Crippen molar-refractivity contribution >= 4 is 0 Å². The van der Waals surface area contributed by atoms with Gasteiger partial charge in [0.05, 0.1) is 6.20 Å². The summed E-state index contributed by atoms with van der Waals surface area (Å²) in [7, 11) is 0. The maximum Gasteiger partial charge on any atom is 0.147 e. The summed E-state index contributed by atoms with van der Waals surface area (Å²) < 4.78 is 0. The number of rotatable bonds is 1. The molecule has 0 aliphatic heterocycles. The molecule has 11 heavy (non-hydrogen) atoms. The van der Waals surface area contributed by atoms with E-state index in [0.717, 1.165) is 0 Å². The van der Waals surface area contributed by atoms with Crippen molar-refractivity contribution in [2.24, 2.45) is 0 Å². The summed E-state index contributed by atoms with van der Waals surface area (Å²) >= 11 is 0. The van der Waals surface area contributed by atoms with Crippen LogP contribution in [0, 0.1) is 6.20 Å². The number of nitrogens with zero attached hydrogens (tertiary/aromatic N) is 6. The van der Waals surface area contributed by atoms with Crippen LogP contribution >= 0.6 is 0 Å². The van der Waals surface area contributed by atoms with Crippen molar-refractivity contribution in [3.8, 4) is 11.4 Å². The standard InChI is InChI=1S/C4H2N7/c1-3(7-9-5-1)4-2-6-10-11-8-4/h1H,(H,5,7,9). The maximum atomic E-state index is 3.68. The fraction of sp³-hybridized carbons (Fsp3) is 0. The molecule has 7 nitrogen and oxygen atoms in total. The van der Waals surface area contributed by atoms with Crippen LogP contribution in [0.4, 0.5) is 0 Å². The van der Waals surface area contributed by atoms with E-state index in [4.69, 9.17) is 0 Å². The van der Waals surface area contributed by atoms with E-state index in [1.54, 1.807) is 6.20 Å². The van der Waals surface area contributed by atoms with Gasteiger partial charge in [-0.1, -0.05) is 5.21 Å². The van der Waals surface area contributed by atoms with Crippen molar-refractivity contribution in [3.05, 3.63) is 12.4 Å². The Bertz CT molecular complexity index is 313. The lowest BCUT2D eigenvalue weighted by Crippen LogP contribution is -1.93. The molecule has 0 aromatic carbocycles. The van der Waals surface area contributed by atoms with Gasteiger partial charge in [-0.25, -0.2) is 0 Å². The van der Waals surface area contributed by atoms with Gasteiger partial charge < -0.3 is 0 Å². The first-order valence-corrected chi connectivity index (χ1v) is 2.77. The van der Waals surface area contributed by atoms with Gasteiger partial charge in [0.15, 0.2) is 0 Å². The molecule has 0 bridgehead atoms. The monoisotopic (exact) mass is 148 g/mol. The van der Waals surface area contributed by atoms with E-state index in [2.05, 4.69) is 42.2 Å². The van der Waals surface area contributed by atoms with Crippen molar-refractivity contribution in [1.29, 1.82) is 0 Å². The van der Waals surface area contributed by atoms with E-state index in [-0.39, 0.29) is 0 Å². The fourth-order valence-corrected chi connectivity index (χ4v) is 0.603. The van der Waals surface area contributed by atoms with E-state index in [9.17, 15) is 0 Å². The first kappa shape index (κ1) is 5.83. The van der Waals surface area contributed by atoms with E-state index >= 15 is 0 Å². The lowest BCUT2D eigenvalue weighted by molar-refractivity contribution is 0.760. The van der Waals surface area contributed by atoms with Crippen LogP contribution in [0.2, 0.25) is 0 Å². The predicted molar refractivity (Wildman–Crippen MR) is 31.8 cm³/mol. The molecular weight excluding hydrogens is 146 g/mol. The van der Waals surface area contributed by atoms with Crippen LogP contribution in [0.3, 0.4) is 0 Å². The van der Waals surface area contributed by atoms with E-state index in [1.165, 1.54) is 0 Å². The zero-order valence-electron chi connectivity index (χ0n) is 5.26. The van der Waals surface area contributed by atoms with Crippen molar-refractivity contribution in [3.63, 3.8) is 0 Å². The predicted octanol–water partition coefficient (Wildman–Crippen LogP) is -1.15. The number of hydrogen-bond acceptors (Lipinski definition) is 6. The molecule has 0 saturated heterocycles. The minimum atomic E-state index is 0.425. The van der Waals surface area contributed by atoms with Gasteiger partial charge in [-0.2, -0.15) is 0 Å². The summed E-state index contributed by atoms with van der Waals surface area (Å²) in [6.45, 7) is 0. The summed E-state index contributed by atoms with van der Waals surface area (Å²) in [4.78, 5) is 0. The molecule has 0 amide bonds. The normalized spacial score (nSPS) is 9.82. The molecule has 0 fully saturated rings. The fourth-order valence-electron chi connectivity index (χ4n) is 0.603. The molecule has 1 radical (unpaired) electrons. The lowest BCUT2D eigenvalue weighted by atomic mass is 10.4. The molecule has 0 atom stereocenters. The average Bonchev–Trinajstić information content (AvgIpc) is 2.58. The Hall–Kier alpha value is -1.92. The van der Waals surface area contributed by atoms with E-state index < -0.39 is 0 Å². The van der Waals surface area contributed by atoms with Gasteiger partial charge in [-0.3, -0.25) is 5.10 Å². The second-order valence-corrected chi connectivity index (χ2v) is 1.70. The Morgan fingerprint density at radius 3 is 2.91 bits per heavy atom. The number of aromatic nitrogens is 7. The molecule has 0 aliphatic carbocycles. The smallest absolute Gasteiger partial charge is 0.147 e. The van der Waals surface area contributed by atoms with Crippen molar-refractivity contribution in [1.82, 2.24) is 36.0 Å². The van der Waals surface area contributed by atoms with Crippen LogP contribution in [-0.2, 0) is 0 Å². The first-order chi connectivity index (χ1) is 5.47. The van der Waals surface area contributed by atoms with Gasteiger partial charge >= 0.3 is 0 Å². The van der Waals surface area contributed by atoms with Gasteiger partial charge in [0, 0.05) is 0 Å². The van der Waals surface area contributed by atoms with Crippen LogP contribution in [0.25, 0.3) is 11.4 Å². The third-order valence-corrected chi connectivity index (χ3v) is 1.04. The van der Waals surface area contributed by atoms with Crippen molar-refractivity contribution < 1.29 is 0 Å². The third kappa shape index (κ3) is 1.02. The maximum absolute atomic E-state index is 3.68. The van der Waals surface area contributed by atoms with Gasteiger partial charge in [-0.15, -0.1) is 15.3 Å². The quantitative estimate of drug-likeness (QED) is 0.549. The van der Waals surface area contributed by atoms with Crippen molar-refractivity contribution in [2.75, 3.05) is 0 Å². The first-order valence-electron chi connectivity index (χ1n) is 2.77. The van der Waals surface area contributed by atoms with Crippen LogP contribution in [0.15, 0.2) is 6.20 Å². The summed E-state index contributed by atoms with van der Waals surface area (Å²) in [5, 5.41) is 23.3. The Morgan fingerprint density at radius 2 is 2.27 bits per heavy atom. The second-order valence-electron chi connectivity index (χ2n) is 1.70. The lowest BCUT2D eigenvalue weighted by Gasteiger charge is -1.85. The van der Waals surface area contributed by atoms with Crippen LogP contribution < -0.4 is 0 Å². The Morgan fingerprint density at radius 1 is 1.27 bits per heavy atom. The highest BCUT2D eigenvalue weighted by atomic mass is 15.4. The molecule has 2 rings (SSSR count). The summed E-state index contributed by atoms with van der Waals surface area (Å²) in [5.41, 5.74) is 0.973. The Labute approximate surface area is 60.9 Å². The summed E-state index contributed by atoms with van der Waals surface area (Å²) in [5.74, 6) is 0. The van der Waals surface area contributed by atoms with Gasteiger partial charge in [0.25, 0.3) is 0 Å². The largest absolute Gasteiger partial charge is 0.265 e. The van der Waals surface area contributed by atoms with Crippen LogP contribution in [0.1, 0.15) is 0 Å². The molecule has 7 heteroatoms. The topological polar surface area (TPSA) is 93.1 Å². The molecule has 53 valence electrons. The van der Waals surface area contributed by atoms with Gasteiger partial charge in [0.2, 0.25) is 0 Å². The van der Waals surface area contributed by atoms with E-state index in [0.29, 0.717) is 11.4 Å². The molecule has 0 aliphatic rings. The molecule has 0 saturated carbocycles. The van der Waals surface area contributed by atoms with E-state index in [1.807, 2.05) is 0 Å². The number of hydrogen-bond donors (Lipinski definition) is 1. The average molecular weight is 148 g/mol. The zero-order valence-corrected chi connectivity index (χ0v) is 5.26. The summed E-state index contributed by atoms with van der Waals surface area (Å²) in [6, 6.07) is 0. The highest BCUT2D eigenvalue weighted by Crippen LogP contribution is 2.05. The molecule has 2 aromatic rings. The molecule has 0 spiro atoms. The van der Waals surface area contributed by atoms with Crippen LogP contribution in [-0.4, -0.2) is 36.0 Å². The third-order valence-electron chi connectivity index (χ3n) is 1.04. The van der Waals surface area contributed by atoms with Crippen LogP contribution in [0.5, 0.6) is 0 Å². The van der Waals surface area contributed by atoms with Gasteiger partial charge in [-0.05, 0) is 10.4 Å². The molecule has 2 heterocycles. The molecule has 0 unspecified atom stereocenters. The second kappa shape index (κ2) is 2.37. The minimum Gasteiger partial charge on any atom is -0.265 e. The number of aromatic amines is 1. The minimum absolute atomic E-state index is 0.425. The Kier molecular flexibility index (Phi) is 1.26. The molecular formula is C4H2N7. The highest BCUT2D eigenvalue weighted by Gasteiger charge is 2.01. The number of H-pyrrole nitrogens is 1. The van der Waals surface area contributed by atoms with Crippen molar-refractivity contribution in [2.45, 2.75) is 0 Å². The SMILES string of the molecule is [c]1nnnnc1-c1c[nH]nn1. The number of nitrogens with one attached hydrogen (secondary N) is 1. The highest BCUT2D eigenvalue weighted by molar-refractivity contribution is 5.47. The molecule has 2 aromatic heterocycles.